The SMILES string of the molecule is CC/C=C\C/C=C\C/C=C\C/C=C\C/C=C\C/C=C\C/C=C\C/C=C\C/C=C\CCCCCCCCCCCCCCCC(=O)OC(COC(=O)CCCCCCCCCCCCCCCCCC/C=C\C/C=C\C/C=C\C/C=C\CC)COC(OCC[N+](C)(C)C)C(=O)[O-]. The van der Waals surface area contributed by atoms with Gasteiger partial charge in [0.15, 0.2) is 12.4 Å². The molecular weight excluding hydrogens is 1170 g/mol. The van der Waals surface area contributed by atoms with Gasteiger partial charge in [-0.2, -0.15) is 0 Å². The number of carboxylic acid groups (broad SMARTS) is 1. The predicted molar refractivity (Wildman–Crippen MR) is 407 cm³/mol. The number of hydrogen-bond acceptors (Lipinski definition) is 8. The van der Waals surface area contributed by atoms with Crippen LogP contribution in [-0.2, 0) is 33.3 Å². The number of hydrogen-bond donors (Lipinski definition) is 0. The van der Waals surface area contributed by atoms with Crippen LogP contribution in [0.25, 0.3) is 0 Å². The van der Waals surface area contributed by atoms with Crippen molar-refractivity contribution >= 4 is 17.9 Å². The summed E-state index contributed by atoms with van der Waals surface area (Å²) >= 11 is 0. The Labute approximate surface area is 584 Å². The minimum Gasteiger partial charge on any atom is -0.545 e. The molecule has 9 heteroatoms. The van der Waals surface area contributed by atoms with Gasteiger partial charge in [-0.05, 0) is 122 Å². The molecule has 0 aromatic rings. The summed E-state index contributed by atoms with van der Waals surface area (Å²) in [4.78, 5) is 37.6. The maximum Gasteiger partial charge on any atom is 0.306 e. The Balaban J connectivity index is 4.08. The van der Waals surface area contributed by atoms with Crippen molar-refractivity contribution in [2.45, 2.75) is 322 Å². The Hall–Kier alpha value is -5.09. The van der Waals surface area contributed by atoms with E-state index in [0.717, 1.165) is 122 Å². The highest BCUT2D eigenvalue weighted by Gasteiger charge is 2.22. The van der Waals surface area contributed by atoms with Gasteiger partial charge in [-0.15, -0.1) is 0 Å². The highest BCUT2D eigenvalue weighted by atomic mass is 16.7. The van der Waals surface area contributed by atoms with Crippen molar-refractivity contribution in [3.63, 3.8) is 0 Å². The Morgan fingerprint density at radius 3 is 0.842 bits per heavy atom. The molecule has 0 aromatic carbocycles. The van der Waals surface area contributed by atoms with Gasteiger partial charge < -0.3 is 33.3 Å². The molecule has 0 saturated heterocycles. The van der Waals surface area contributed by atoms with Crippen molar-refractivity contribution in [3.05, 3.63) is 158 Å². The number of nitrogens with zero attached hydrogens (tertiary/aromatic N) is 1. The molecule has 9 nitrogen and oxygen atoms in total. The number of rotatable bonds is 70. The molecule has 95 heavy (non-hydrogen) atoms. The first-order valence-electron chi connectivity index (χ1n) is 38.6. The van der Waals surface area contributed by atoms with Crippen LogP contribution in [0.5, 0.6) is 0 Å². The number of ether oxygens (including phenoxy) is 4. The smallest absolute Gasteiger partial charge is 0.306 e. The van der Waals surface area contributed by atoms with Crippen LogP contribution in [-0.4, -0.2) is 82.3 Å². The fourth-order valence-electron chi connectivity index (χ4n) is 10.5. The zero-order chi connectivity index (χ0) is 69.0. The molecular formula is C86H143NO8. The first-order valence-corrected chi connectivity index (χ1v) is 38.6. The van der Waals surface area contributed by atoms with Gasteiger partial charge in [0, 0.05) is 12.8 Å². The lowest BCUT2D eigenvalue weighted by Crippen LogP contribution is -2.44. The molecule has 0 radical (unpaired) electrons. The Morgan fingerprint density at radius 1 is 0.316 bits per heavy atom. The molecule has 0 rings (SSSR count). The van der Waals surface area contributed by atoms with Crippen LogP contribution in [0.2, 0.25) is 0 Å². The van der Waals surface area contributed by atoms with Crippen LogP contribution in [0.3, 0.4) is 0 Å². The molecule has 0 spiro atoms. The average Bonchev–Trinajstić information content (AvgIpc) is 3.54. The van der Waals surface area contributed by atoms with Crippen molar-refractivity contribution < 1.29 is 42.9 Å². The molecule has 0 N–H and O–H groups in total. The fraction of sp³-hybridized carbons (Fsp3) is 0.663. The molecule has 0 aliphatic rings. The monoisotopic (exact) mass is 1320 g/mol. The number of carbonyl (C=O) groups is 3. The number of quaternary nitrogens is 1. The number of carbonyl (C=O) groups excluding carboxylic acids is 3. The van der Waals surface area contributed by atoms with E-state index in [-0.39, 0.29) is 38.6 Å². The van der Waals surface area contributed by atoms with E-state index in [4.69, 9.17) is 18.9 Å². The van der Waals surface area contributed by atoms with E-state index in [9.17, 15) is 19.5 Å². The highest BCUT2D eigenvalue weighted by molar-refractivity contribution is 5.70. The molecule has 540 valence electrons. The number of carboxylic acids is 1. The number of unbranched alkanes of at least 4 members (excludes halogenated alkanes) is 29. The molecule has 2 atom stereocenters. The van der Waals surface area contributed by atoms with Gasteiger partial charge in [-0.25, -0.2) is 0 Å². The minimum absolute atomic E-state index is 0.142. The largest absolute Gasteiger partial charge is 0.545 e. The maximum atomic E-state index is 13.0. The van der Waals surface area contributed by atoms with E-state index in [2.05, 4.69) is 172 Å². The first kappa shape index (κ1) is 89.9. The molecule has 2 unspecified atom stereocenters. The number of aliphatic carboxylic acids is 1. The lowest BCUT2D eigenvalue weighted by molar-refractivity contribution is -0.870. The second-order valence-corrected chi connectivity index (χ2v) is 26.5. The molecule has 0 bridgehead atoms. The van der Waals surface area contributed by atoms with E-state index in [1.807, 2.05) is 21.1 Å². The first-order chi connectivity index (χ1) is 46.6. The van der Waals surface area contributed by atoms with Crippen LogP contribution in [0.4, 0.5) is 0 Å². The maximum absolute atomic E-state index is 13.0. The predicted octanol–water partition coefficient (Wildman–Crippen LogP) is 23.5. The van der Waals surface area contributed by atoms with E-state index in [0.29, 0.717) is 17.4 Å². The zero-order valence-electron chi connectivity index (χ0n) is 61.7. The molecule has 0 saturated carbocycles. The number of allylic oxidation sites excluding steroid dienone is 26. The summed E-state index contributed by atoms with van der Waals surface area (Å²) in [6, 6.07) is 0. The standard InChI is InChI=1S/C86H143NO8/c1-6-8-10-12-14-16-18-20-22-24-26-28-30-32-34-36-37-38-39-40-41-42-43-44-45-46-47-49-51-53-55-57-59-61-63-65-67-69-71-73-75-77-84(89)95-82(81-94-86(85(90)91)92-79-78-87(3,4)5)80-93-83(88)76-74-72-70-68-66-64-62-60-58-56-54-52-50-48-35-33-31-29-27-25-23-21-19-17-15-13-11-9-7-2/h8-11,14-17,20-23,26-29,32,34,37-38,40-41,43-44,46-47,82,86H,6-7,12-13,18-19,24-25,30-31,33,35-36,39,42,45,48-81H2,1-5H3/b10-8-,11-9-,16-14-,17-15-,22-20-,23-21-,28-26-,29-27-,34-32-,38-37-,41-40-,44-43-,47-46-. The van der Waals surface area contributed by atoms with Crippen molar-refractivity contribution in [1.29, 1.82) is 0 Å². The van der Waals surface area contributed by atoms with Crippen molar-refractivity contribution in [2.75, 3.05) is 47.5 Å². The lowest BCUT2D eigenvalue weighted by atomic mass is 10.0. The zero-order valence-corrected chi connectivity index (χ0v) is 61.7. The number of likely N-dealkylation sites (N-methyl/N-ethyl adjacent to an activating group) is 1. The van der Waals surface area contributed by atoms with Gasteiger partial charge in [-0.1, -0.05) is 332 Å². The van der Waals surface area contributed by atoms with Gasteiger partial charge in [0.2, 0.25) is 0 Å². The fourth-order valence-corrected chi connectivity index (χ4v) is 10.5. The summed E-state index contributed by atoms with van der Waals surface area (Å²) in [6.07, 6.45) is 108. The van der Waals surface area contributed by atoms with Gasteiger partial charge >= 0.3 is 11.9 Å². The normalized spacial score (nSPS) is 13.6. The summed E-state index contributed by atoms with van der Waals surface area (Å²) < 4.78 is 22.8. The van der Waals surface area contributed by atoms with Gasteiger partial charge in [0.05, 0.1) is 40.3 Å². The topological polar surface area (TPSA) is 111 Å². The quantitative estimate of drug-likeness (QED) is 0.0195. The minimum atomic E-state index is -1.63. The number of esters is 2. The second-order valence-electron chi connectivity index (χ2n) is 26.5. The van der Waals surface area contributed by atoms with Crippen molar-refractivity contribution in [1.82, 2.24) is 0 Å². The highest BCUT2D eigenvalue weighted by Crippen LogP contribution is 2.17. The van der Waals surface area contributed by atoms with Crippen LogP contribution < -0.4 is 5.11 Å². The van der Waals surface area contributed by atoms with E-state index in [1.165, 1.54) is 154 Å². The second kappa shape index (κ2) is 74.7. The summed E-state index contributed by atoms with van der Waals surface area (Å²) in [5.74, 6) is -2.28. The molecule has 0 aromatic heterocycles. The summed E-state index contributed by atoms with van der Waals surface area (Å²) in [6.45, 7) is 4.54. The summed E-state index contributed by atoms with van der Waals surface area (Å²) in [7, 11) is 5.93. The van der Waals surface area contributed by atoms with E-state index < -0.39 is 24.3 Å². The van der Waals surface area contributed by atoms with Crippen molar-refractivity contribution in [3.8, 4) is 0 Å². The lowest BCUT2D eigenvalue weighted by Gasteiger charge is -2.26. The van der Waals surface area contributed by atoms with E-state index >= 15 is 0 Å². The molecule has 0 fully saturated rings. The molecule has 0 heterocycles. The van der Waals surface area contributed by atoms with Crippen LogP contribution in [0, 0.1) is 0 Å². The molecule has 0 aliphatic heterocycles. The average molecular weight is 1320 g/mol. The van der Waals surface area contributed by atoms with Crippen LogP contribution in [0.1, 0.15) is 309 Å². The Morgan fingerprint density at radius 2 is 0.568 bits per heavy atom. The Kier molecular flexibility index (Phi) is 70.7. The van der Waals surface area contributed by atoms with Crippen LogP contribution in [0.15, 0.2) is 158 Å². The Bertz CT molecular complexity index is 2130. The third-order valence-corrected chi connectivity index (χ3v) is 16.3. The molecule has 0 aliphatic carbocycles. The third kappa shape index (κ3) is 76.1. The van der Waals surface area contributed by atoms with Crippen molar-refractivity contribution in [2.24, 2.45) is 0 Å². The van der Waals surface area contributed by atoms with Gasteiger partial charge in [0.25, 0.3) is 0 Å². The van der Waals surface area contributed by atoms with E-state index in [1.54, 1.807) is 0 Å². The summed E-state index contributed by atoms with van der Waals surface area (Å²) in [5, 5.41) is 11.9. The summed E-state index contributed by atoms with van der Waals surface area (Å²) in [5.41, 5.74) is 0. The van der Waals surface area contributed by atoms with Gasteiger partial charge in [-0.3, -0.25) is 9.59 Å². The van der Waals surface area contributed by atoms with Crippen LogP contribution >= 0.6 is 0 Å². The van der Waals surface area contributed by atoms with Gasteiger partial charge in [0.1, 0.15) is 13.2 Å². The third-order valence-electron chi connectivity index (χ3n) is 16.3. The molecule has 0 amide bonds.